The van der Waals surface area contributed by atoms with Crippen LogP contribution < -0.4 is 0 Å². The van der Waals surface area contributed by atoms with Crippen LogP contribution in [0.2, 0.25) is 0 Å². The first-order valence-electron chi connectivity index (χ1n) is 4.02. The van der Waals surface area contributed by atoms with Gasteiger partial charge >= 0.3 is 5.97 Å². The molecule has 5 N–H and O–H groups in total. The van der Waals surface area contributed by atoms with E-state index in [1.165, 1.54) is 0 Å². The van der Waals surface area contributed by atoms with Crippen LogP contribution in [0.15, 0.2) is 0 Å². The zero-order valence-corrected chi connectivity index (χ0v) is 7.15. The highest BCUT2D eigenvalue weighted by atomic mass is 16.6. The first-order chi connectivity index (χ1) is 6.49. The second-order valence-electron chi connectivity index (χ2n) is 3.09. The Kier molecular flexibility index (Phi) is 3.40. The van der Waals surface area contributed by atoms with Crippen LogP contribution in [0.5, 0.6) is 0 Å². The molecule has 14 heavy (non-hydrogen) atoms. The second-order valence-corrected chi connectivity index (χ2v) is 3.09. The first-order valence-corrected chi connectivity index (χ1v) is 4.02. The van der Waals surface area contributed by atoms with Gasteiger partial charge in [-0.3, -0.25) is 0 Å². The Balaban J connectivity index is 2.78. The van der Waals surface area contributed by atoms with Crippen LogP contribution in [-0.2, 0) is 9.53 Å². The summed E-state index contributed by atoms with van der Waals surface area (Å²) in [6, 6.07) is 0. The minimum atomic E-state index is -1.70. The molecule has 0 radical (unpaired) electrons. The number of aliphatic carboxylic acids is 1. The van der Waals surface area contributed by atoms with Crippen molar-refractivity contribution in [3.8, 4) is 0 Å². The average Bonchev–Trinajstić information content (AvgIpc) is 2.14. The van der Waals surface area contributed by atoms with Gasteiger partial charge in [-0.1, -0.05) is 0 Å². The van der Waals surface area contributed by atoms with Crippen molar-refractivity contribution < 1.29 is 35.1 Å². The summed E-state index contributed by atoms with van der Waals surface area (Å²) < 4.78 is 4.68. The number of aliphatic hydroxyl groups excluding tert-OH is 4. The minimum absolute atomic E-state index is 0.630. The lowest BCUT2D eigenvalue weighted by molar-refractivity contribution is -0.233. The zero-order valence-electron chi connectivity index (χ0n) is 7.15. The monoisotopic (exact) mass is 208 g/mol. The molecule has 82 valence electrons. The fourth-order valence-electron chi connectivity index (χ4n) is 1.31. The van der Waals surface area contributed by atoms with Gasteiger partial charge in [-0.2, -0.15) is 0 Å². The zero-order chi connectivity index (χ0) is 10.9. The van der Waals surface area contributed by atoms with Crippen LogP contribution in [0.4, 0.5) is 0 Å². The van der Waals surface area contributed by atoms with E-state index in [0.717, 1.165) is 0 Å². The van der Waals surface area contributed by atoms with Gasteiger partial charge in [0.2, 0.25) is 0 Å². The molecule has 0 aromatic carbocycles. The summed E-state index contributed by atoms with van der Waals surface area (Å²) in [7, 11) is 0. The Morgan fingerprint density at radius 1 is 1.14 bits per heavy atom. The lowest BCUT2D eigenvalue weighted by atomic mass is 9.95. The lowest BCUT2D eigenvalue weighted by Crippen LogP contribution is -2.60. The second kappa shape index (κ2) is 4.20. The molecule has 5 atom stereocenters. The van der Waals surface area contributed by atoms with Gasteiger partial charge in [0.1, 0.15) is 24.4 Å². The maximum atomic E-state index is 10.5. The standard InChI is InChI=1S/C7H12O7/c8-1-2-3(9)4(10)5(11)6(14-2)7(12)13/h2-6,8-11H,1H2,(H,12,13)/t2-,3+,4-,5-,6?/m0/s1. The molecule has 7 nitrogen and oxygen atoms in total. The Morgan fingerprint density at radius 2 is 1.71 bits per heavy atom. The van der Waals surface area contributed by atoms with Crippen molar-refractivity contribution >= 4 is 5.97 Å². The summed E-state index contributed by atoms with van der Waals surface area (Å²) in [5, 5.41) is 44.9. The third-order valence-electron chi connectivity index (χ3n) is 2.14. The van der Waals surface area contributed by atoms with Gasteiger partial charge in [0, 0.05) is 0 Å². The van der Waals surface area contributed by atoms with Gasteiger partial charge in [-0.05, 0) is 0 Å². The fraction of sp³-hybridized carbons (Fsp3) is 0.857. The molecule has 7 heteroatoms. The molecule has 0 amide bonds. The highest BCUT2D eigenvalue weighted by Crippen LogP contribution is 2.20. The average molecular weight is 208 g/mol. The maximum absolute atomic E-state index is 10.5. The van der Waals surface area contributed by atoms with E-state index in [2.05, 4.69) is 4.74 Å². The van der Waals surface area contributed by atoms with Gasteiger partial charge in [0.15, 0.2) is 6.10 Å². The molecule has 0 saturated carbocycles. The molecular weight excluding hydrogens is 196 g/mol. The van der Waals surface area contributed by atoms with E-state index in [-0.39, 0.29) is 0 Å². The molecule has 0 aliphatic carbocycles. The van der Waals surface area contributed by atoms with Gasteiger partial charge < -0.3 is 30.3 Å². The van der Waals surface area contributed by atoms with Gasteiger partial charge in [0.05, 0.1) is 6.61 Å². The molecule has 1 aliphatic heterocycles. The number of carboxylic acid groups (broad SMARTS) is 1. The minimum Gasteiger partial charge on any atom is -0.479 e. The number of aliphatic hydroxyl groups is 4. The van der Waals surface area contributed by atoms with Gasteiger partial charge in [-0.15, -0.1) is 0 Å². The Bertz CT molecular complexity index is 216. The van der Waals surface area contributed by atoms with E-state index in [1.54, 1.807) is 0 Å². The van der Waals surface area contributed by atoms with Crippen LogP contribution in [0, 0.1) is 0 Å². The van der Waals surface area contributed by atoms with Crippen molar-refractivity contribution in [2.24, 2.45) is 0 Å². The smallest absolute Gasteiger partial charge is 0.335 e. The number of hydrogen-bond donors (Lipinski definition) is 5. The first kappa shape index (κ1) is 11.3. The van der Waals surface area contributed by atoms with Crippen LogP contribution in [0.25, 0.3) is 0 Å². The molecule has 0 aromatic heterocycles. The molecule has 1 rings (SSSR count). The maximum Gasteiger partial charge on any atom is 0.335 e. The predicted octanol–water partition coefficient (Wildman–Crippen LogP) is -3.09. The molecule has 0 spiro atoms. The number of carboxylic acids is 1. The Morgan fingerprint density at radius 3 is 2.14 bits per heavy atom. The molecule has 1 heterocycles. The molecule has 1 unspecified atom stereocenters. The lowest BCUT2D eigenvalue weighted by Gasteiger charge is -2.38. The van der Waals surface area contributed by atoms with Crippen molar-refractivity contribution in [2.75, 3.05) is 6.61 Å². The van der Waals surface area contributed by atoms with Crippen LogP contribution in [-0.4, -0.2) is 68.6 Å². The third kappa shape index (κ3) is 1.86. The van der Waals surface area contributed by atoms with E-state index in [4.69, 9.17) is 10.2 Å². The SMILES string of the molecule is O=C(O)C1O[C@@H](CO)[C@@H](O)[C@H](O)[C@@H]1O. The van der Waals surface area contributed by atoms with E-state index in [0.29, 0.717) is 0 Å². The fourth-order valence-corrected chi connectivity index (χ4v) is 1.31. The summed E-state index contributed by atoms with van der Waals surface area (Å²) in [5.74, 6) is -1.46. The van der Waals surface area contributed by atoms with E-state index >= 15 is 0 Å². The quantitative estimate of drug-likeness (QED) is 0.325. The topological polar surface area (TPSA) is 127 Å². The summed E-state index contributed by atoms with van der Waals surface area (Å²) >= 11 is 0. The van der Waals surface area contributed by atoms with Gasteiger partial charge in [0.25, 0.3) is 0 Å². The van der Waals surface area contributed by atoms with Crippen molar-refractivity contribution in [2.45, 2.75) is 30.5 Å². The molecule has 1 fully saturated rings. The van der Waals surface area contributed by atoms with Crippen molar-refractivity contribution in [3.63, 3.8) is 0 Å². The molecule has 0 aromatic rings. The van der Waals surface area contributed by atoms with E-state index in [9.17, 15) is 20.1 Å². The molecule has 0 bridgehead atoms. The van der Waals surface area contributed by atoms with Crippen LogP contribution in [0.3, 0.4) is 0 Å². The predicted molar refractivity (Wildman–Crippen MR) is 41.4 cm³/mol. The van der Waals surface area contributed by atoms with E-state index < -0.39 is 43.1 Å². The van der Waals surface area contributed by atoms with E-state index in [1.807, 2.05) is 0 Å². The summed E-state index contributed by atoms with van der Waals surface area (Å²) in [6.07, 6.45) is -7.67. The number of ether oxygens (including phenoxy) is 1. The summed E-state index contributed by atoms with van der Waals surface area (Å²) in [4.78, 5) is 10.5. The van der Waals surface area contributed by atoms with Gasteiger partial charge in [-0.25, -0.2) is 4.79 Å². The van der Waals surface area contributed by atoms with Crippen molar-refractivity contribution in [1.29, 1.82) is 0 Å². The van der Waals surface area contributed by atoms with Crippen LogP contribution in [0.1, 0.15) is 0 Å². The number of hydrogen-bond acceptors (Lipinski definition) is 6. The number of rotatable bonds is 2. The Hall–Kier alpha value is -0.730. The van der Waals surface area contributed by atoms with Crippen LogP contribution >= 0.6 is 0 Å². The largest absolute Gasteiger partial charge is 0.479 e. The summed E-state index contributed by atoms with van der Waals surface area (Å²) in [6.45, 7) is -0.630. The van der Waals surface area contributed by atoms with Crippen molar-refractivity contribution in [1.82, 2.24) is 0 Å². The molecular formula is C7H12O7. The highest BCUT2D eigenvalue weighted by Gasteiger charge is 2.46. The molecule has 1 aliphatic rings. The Labute approximate surface area is 79.2 Å². The highest BCUT2D eigenvalue weighted by molar-refractivity contribution is 5.73. The van der Waals surface area contributed by atoms with Crippen molar-refractivity contribution in [3.05, 3.63) is 0 Å². The third-order valence-corrected chi connectivity index (χ3v) is 2.14. The summed E-state index contributed by atoms with van der Waals surface area (Å²) in [5.41, 5.74) is 0. The normalized spacial score (nSPS) is 43.6. The molecule has 1 saturated heterocycles. The number of carbonyl (C=O) groups is 1.